The van der Waals surface area contributed by atoms with E-state index in [-0.39, 0.29) is 12.3 Å². The van der Waals surface area contributed by atoms with E-state index in [1.807, 2.05) is 50.2 Å². The normalized spacial score (nSPS) is 10.7. The number of benzene rings is 2. The van der Waals surface area contributed by atoms with Gasteiger partial charge >= 0.3 is 5.97 Å². The molecule has 1 heterocycles. The Morgan fingerprint density at radius 1 is 1.03 bits per heavy atom. The second-order valence-electron chi connectivity index (χ2n) is 6.86. The number of alkyl halides is 1. The van der Waals surface area contributed by atoms with Gasteiger partial charge in [-0.05, 0) is 49.2 Å². The van der Waals surface area contributed by atoms with E-state index in [9.17, 15) is 9.59 Å². The first kappa shape index (κ1) is 20.6. The number of rotatable bonds is 7. The van der Waals surface area contributed by atoms with Crippen LogP contribution in [-0.2, 0) is 23.6 Å². The third-order valence-electron chi connectivity index (χ3n) is 4.77. The summed E-state index contributed by atoms with van der Waals surface area (Å²) in [5, 5.41) is 16.4. The van der Waals surface area contributed by atoms with Gasteiger partial charge in [-0.1, -0.05) is 24.3 Å². The Kier molecular flexibility index (Phi) is 6.34. The summed E-state index contributed by atoms with van der Waals surface area (Å²) in [6.45, 7) is 4.23. The molecule has 2 aromatic carbocycles. The highest BCUT2D eigenvalue weighted by molar-refractivity contribution is 6.17. The number of carbonyl (C=O) groups is 2. The molecule has 7 heteroatoms. The number of amides is 1. The van der Waals surface area contributed by atoms with Crippen molar-refractivity contribution in [3.8, 4) is 0 Å². The zero-order valence-electron chi connectivity index (χ0n) is 16.3. The molecule has 6 nitrogen and oxygen atoms in total. The monoisotopic (exact) mass is 411 g/mol. The Labute approximate surface area is 174 Å². The van der Waals surface area contributed by atoms with Crippen molar-refractivity contribution in [1.29, 1.82) is 0 Å². The van der Waals surface area contributed by atoms with Gasteiger partial charge in [0.2, 0.25) is 0 Å². The fourth-order valence-corrected chi connectivity index (χ4v) is 3.29. The number of nitrogens with one attached hydrogen (secondary N) is 1. The van der Waals surface area contributed by atoms with Crippen LogP contribution in [0.1, 0.15) is 38.4 Å². The van der Waals surface area contributed by atoms with Crippen LogP contribution in [-0.4, -0.2) is 26.8 Å². The summed E-state index contributed by atoms with van der Waals surface area (Å²) in [5.41, 5.74) is 5.56. The van der Waals surface area contributed by atoms with Gasteiger partial charge in [0.25, 0.3) is 5.91 Å². The van der Waals surface area contributed by atoms with Gasteiger partial charge in [0, 0.05) is 28.4 Å². The van der Waals surface area contributed by atoms with Crippen molar-refractivity contribution in [2.24, 2.45) is 0 Å². The molecule has 0 unspecified atom stereocenters. The zero-order valence-corrected chi connectivity index (χ0v) is 17.0. The number of carboxylic acid groups (broad SMARTS) is 1. The van der Waals surface area contributed by atoms with Gasteiger partial charge in [0.1, 0.15) is 0 Å². The van der Waals surface area contributed by atoms with E-state index >= 15 is 0 Å². The molecule has 0 bridgehead atoms. The van der Waals surface area contributed by atoms with Crippen LogP contribution in [0.25, 0.3) is 0 Å². The van der Waals surface area contributed by atoms with Gasteiger partial charge in [0.15, 0.2) is 0 Å². The zero-order chi connectivity index (χ0) is 21.0. The summed E-state index contributed by atoms with van der Waals surface area (Å²) in [7, 11) is 0. The molecule has 0 aliphatic rings. The van der Waals surface area contributed by atoms with Crippen LogP contribution in [0, 0.1) is 13.8 Å². The molecule has 2 N–H and O–H groups in total. The number of hydrogen-bond donors (Lipinski definition) is 2. The van der Waals surface area contributed by atoms with Crippen LogP contribution in [0.4, 0.5) is 5.69 Å². The smallest absolute Gasteiger partial charge is 0.307 e. The van der Waals surface area contributed by atoms with E-state index in [0.29, 0.717) is 23.7 Å². The van der Waals surface area contributed by atoms with Crippen molar-refractivity contribution >= 4 is 29.2 Å². The van der Waals surface area contributed by atoms with Crippen LogP contribution < -0.4 is 5.32 Å². The van der Waals surface area contributed by atoms with Gasteiger partial charge in [-0.25, -0.2) is 0 Å². The number of hydrogen-bond acceptors (Lipinski definition) is 3. The first-order valence-electron chi connectivity index (χ1n) is 9.17. The van der Waals surface area contributed by atoms with Crippen LogP contribution >= 0.6 is 11.6 Å². The van der Waals surface area contributed by atoms with E-state index in [1.165, 1.54) is 0 Å². The van der Waals surface area contributed by atoms with E-state index in [2.05, 4.69) is 10.4 Å². The minimum Gasteiger partial charge on any atom is -0.481 e. The molecular formula is C22H22ClN3O3. The van der Waals surface area contributed by atoms with Crippen molar-refractivity contribution in [3.63, 3.8) is 0 Å². The lowest BCUT2D eigenvalue weighted by atomic mass is 10.1. The van der Waals surface area contributed by atoms with Crippen molar-refractivity contribution in [2.75, 3.05) is 5.32 Å². The second-order valence-corrected chi connectivity index (χ2v) is 7.13. The van der Waals surface area contributed by atoms with Crippen LogP contribution in [0.5, 0.6) is 0 Å². The molecule has 1 aromatic heterocycles. The van der Waals surface area contributed by atoms with Crippen LogP contribution in [0.3, 0.4) is 0 Å². The van der Waals surface area contributed by atoms with Gasteiger partial charge in [-0.3, -0.25) is 14.3 Å². The average Bonchev–Trinajstić information content (AvgIpc) is 2.96. The van der Waals surface area contributed by atoms with E-state index in [0.717, 1.165) is 28.1 Å². The molecule has 3 rings (SSSR count). The molecule has 0 fully saturated rings. The Morgan fingerprint density at radius 2 is 1.66 bits per heavy atom. The highest BCUT2D eigenvalue weighted by Gasteiger charge is 2.14. The Balaban J connectivity index is 1.67. The largest absolute Gasteiger partial charge is 0.481 e. The molecule has 0 radical (unpaired) electrons. The third kappa shape index (κ3) is 5.03. The van der Waals surface area contributed by atoms with Crippen LogP contribution in [0.15, 0.2) is 48.5 Å². The maximum atomic E-state index is 12.4. The summed E-state index contributed by atoms with van der Waals surface area (Å²) in [5.74, 6) is -0.639. The van der Waals surface area contributed by atoms with Gasteiger partial charge < -0.3 is 10.4 Å². The third-order valence-corrected chi connectivity index (χ3v) is 5.08. The van der Waals surface area contributed by atoms with Crippen LogP contribution in [0.2, 0.25) is 0 Å². The lowest BCUT2D eigenvalue weighted by Gasteiger charge is -2.09. The summed E-state index contributed by atoms with van der Waals surface area (Å²) >= 11 is 5.77. The molecule has 0 saturated heterocycles. The number of carboxylic acids is 1. The molecular weight excluding hydrogens is 390 g/mol. The lowest BCUT2D eigenvalue weighted by Crippen LogP contribution is -2.12. The molecule has 0 atom stereocenters. The quantitative estimate of drug-likeness (QED) is 0.571. The van der Waals surface area contributed by atoms with Crippen molar-refractivity contribution in [3.05, 3.63) is 82.2 Å². The molecule has 0 aliphatic heterocycles. The Hall–Kier alpha value is -3.12. The minimum atomic E-state index is -0.867. The highest BCUT2D eigenvalue weighted by Crippen LogP contribution is 2.17. The molecule has 3 aromatic rings. The molecule has 150 valence electrons. The fraction of sp³-hybridized carbons (Fsp3) is 0.227. The number of aromatic nitrogens is 2. The molecule has 1 amide bonds. The van der Waals surface area contributed by atoms with Gasteiger partial charge in [0.05, 0.1) is 18.7 Å². The first-order valence-corrected chi connectivity index (χ1v) is 9.70. The predicted octanol–water partition coefficient (Wildman–Crippen LogP) is 4.17. The Bertz CT molecular complexity index is 1020. The minimum absolute atomic E-state index is 0.0332. The van der Waals surface area contributed by atoms with Gasteiger partial charge in [-0.2, -0.15) is 5.10 Å². The number of aryl methyl sites for hydroxylation is 1. The fourth-order valence-electron chi connectivity index (χ4n) is 3.11. The lowest BCUT2D eigenvalue weighted by molar-refractivity contribution is -0.136. The number of anilines is 1. The van der Waals surface area contributed by atoms with E-state index in [1.54, 1.807) is 16.8 Å². The summed E-state index contributed by atoms with van der Waals surface area (Å²) < 4.78 is 1.81. The molecule has 29 heavy (non-hydrogen) atoms. The number of aliphatic carboxylic acids is 1. The Morgan fingerprint density at radius 3 is 2.24 bits per heavy atom. The van der Waals surface area contributed by atoms with E-state index in [4.69, 9.17) is 16.7 Å². The van der Waals surface area contributed by atoms with Gasteiger partial charge in [-0.15, -0.1) is 11.6 Å². The second kappa shape index (κ2) is 8.92. The number of carbonyl (C=O) groups excluding carboxylic acids is 1. The predicted molar refractivity (Wildman–Crippen MR) is 113 cm³/mol. The summed E-state index contributed by atoms with van der Waals surface area (Å²) in [6.07, 6.45) is -0.0332. The molecule has 0 aliphatic carbocycles. The van der Waals surface area contributed by atoms with E-state index < -0.39 is 5.97 Å². The molecule has 0 saturated carbocycles. The SMILES string of the molecule is Cc1nn(Cc2ccc(NC(=O)c3ccc(CCl)cc3)cc2)c(C)c1CC(=O)O. The van der Waals surface area contributed by atoms with Crippen molar-refractivity contribution in [1.82, 2.24) is 9.78 Å². The van der Waals surface area contributed by atoms with Crippen molar-refractivity contribution in [2.45, 2.75) is 32.7 Å². The maximum Gasteiger partial charge on any atom is 0.307 e. The number of nitrogens with zero attached hydrogens (tertiary/aromatic N) is 2. The maximum absolute atomic E-state index is 12.4. The first-order chi connectivity index (χ1) is 13.9. The summed E-state index contributed by atoms with van der Waals surface area (Å²) in [4.78, 5) is 23.4. The highest BCUT2D eigenvalue weighted by atomic mass is 35.5. The standard InChI is InChI=1S/C22H22ClN3O3/c1-14-20(11-21(27)28)15(2)26(25-14)13-17-5-9-19(10-6-17)24-22(29)18-7-3-16(12-23)4-8-18/h3-10H,11-13H2,1-2H3,(H,24,29)(H,27,28). The topological polar surface area (TPSA) is 84.2 Å². The molecule has 0 spiro atoms. The van der Waals surface area contributed by atoms with Crippen molar-refractivity contribution < 1.29 is 14.7 Å². The average molecular weight is 412 g/mol. The summed E-state index contributed by atoms with van der Waals surface area (Å²) in [6, 6.07) is 14.7. The number of halogens is 1.